The van der Waals surface area contributed by atoms with Crippen LogP contribution in [0.3, 0.4) is 0 Å². The number of rotatable bonds is 9. The predicted molar refractivity (Wildman–Crippen MR) is 143 cm³/mol. The van der Waals surface area contributed by atoms with E-state index in [2.05, 4.69) is 6.92 Å². The standard InChI is InChI=1S/C32H40F4O2/c1-3-5-27(37)23-14-12-22(13-15-23)26-18-17-25(30(34)31(26)35)21-9-6-20(7-10-21)8-11-24-16-19-28(38-4-2)32(36)29(24)33/h8,11,16-23,27,37H,3-7,9-10,12-15H2,1-2H3/b11-8+. The average molecular weight is 533 g/mol. The van der Waals surface area contributed by atoms with E-state index in [0.29, 0.717) is 24.0 Å². The lowest BCUT2D eigenvalue weighted by atomic mass is 9.74. The SMILES string of the molecule is CCCC(O)C1CCC(c2ccc(C3CCC(/C=C/c4ccc(OCC)c(F)c4F)CC3)c(F)c2F)CC1. The van der Waals surface area contributed by atoms with Crippen LogP contribution >= 0.6 is 0 Å². The van der Waals surface area contributed by atoms with Gasteiger partial charge in [0.15, 0.2) is 23.2 Å². The van der Waals surface area contributed by atoms with Gasteiger partial charge in [-0.05, 0) is 112 Å². The molecule has 0 saturated heterocycles. The van der Waals surface area contributed by atoms with Crippen LogP contribution in [0.1, 0.15) is 107 Å². The highest BCUT2D eigenvalue weighted by molar-refractivity contribution is 5.52. The lowest BCUT2D eigenvalue weighted by Gasteiger charge is -2.32. The Hall–Kier alpha value is -2.34. The van der Waals surface area contributed by atoms with Crippen molar-refractivity contribution in [3.05, 3.63) is 70.3 Å². The number of hydrogen-bond donors (Lipinski definition) is 1. The number of aliphatic hydroxyl groups is 1. The number of halogens is 4. The molecular formula is C32H40F4O2. The maximum absolute atomic E-state index is 15.2. The number of aliphatic hydroxyl groups excluding tert-OH is 1. The van der Waals surface area contributed by atoms with Crippen molar-refractivity contribution in [3.8, 4) is 5.75 Å². The highest BCUT2D eigenvalue weighted by Gasteiger charge is 2.31. The summed E-state index contributed by atoms with van der Waals surface area (Å²) >= 11 is 0. The van der Waals surface area contributed by atoms with Gasteiger partial charge in [-0.1, -0.05) is 37.6 Å². The molecule has 0 radical (unpaired) electrons. The summed E-state index contributed by atoms with van der Waals surface area (Å²) in [6, 6.07) is 6.48. The molecule has 0 bridgehead atoms. The molecule has 0 amide bonds. The molecule has 0 aromatic heterocycles. The van der Waals surface area contributed by atoms with Crippen molar-refractivity contribution >= 4 is 6.08 Å². The van der Waals surface area contributed by atoms with Crippen LogP contribution in [0.2, 0.25) is 0 Å². The van der Waals surface area contributed by atoms with Gasteiger partial charge in [0, 0.05) is 5.56 Å². The minimum absolute atomic E-state index is 0.00247. The van der Waals surface area contributed by atoms with Crippen molar-refractivity contribution in [3.63, 3.8) is 0 Å². The van der Waals surface area contributed by atoms with E-state index in [9.17, 15) is 13.9 Å². The van der Waals surface area contributed by atoms with Gasteiger partial charge in [0.05, 0.1) is 12.7 Å². The molecule has 1 unspecified atom stereocenters. The molecule has 0 heterocycles. The van der Waals surface area contributed by atoms with Crippen molar-refractivity contribution in [2.45, 2.75) is 96.0 Å². The van der Waals surface area contributed by atoms with Crippen LogP contribution in [0.4, 0.5) is 17.6 Å². The third-order valence-corrected chi connectivity index (χ3v) is 8.62. The topological polar surface area (TPSA) is 29.5 Å². The van der Waals surface area contributed by atoms with Gasteiger partial charge >= 0.3 is 0 Å². The zero-order valence-corrected chi connectivity index (χ0v) is 22.5. The number of benzene rings is 2. The Morgan fingerprint density at radius 1 is 0.789 bits per heavy atom. The van der Waals surface area contributed by atoms with E-state index in [-0.39, 0.29) is 47.7 Å². The molecule has 2 aliphatic rings. The Morgan fingerprint density at radius 2 is 1.37 bits per heavy atom. The Labute approximate surface area is 224 Å². The first-order valence-corrected chi connectivity index (χ1v) is 14.3. The van der Waals surface area contributed by atoms with E-state index in [1.54, 1.807) is 25.1 Å². The van der Waals surface area contributed by atoms with E-state index >= 15 is 8.78 Å². The molecule has 6 heteroatoms. The molecular weight excluding hydrogens is 492 g/mol. The van der Waals surface area contributed by atoms with E-state index < -0.39 is 23.3 Å². The number of hydrogen-bond acceptors (Lipinski definition) is 2. The van der Waals surface area contributed by atoms with Crippen molar-refractivity contribution in [2.75, 3.05) is 6.61 Å². The van der Waals surface area contributed by atoms with Gasteiger partial charge in [0.25, 0.3) is 0 Å². The highest BCUT2D eigenvalue weighted by Crippen LogP contribution is 2.42. The Balaban J connectivity index is 1.35. The Kier molecular flexibility index (Phi) is 9.91. The normalized spacial score (nSPS) is 25.0. The van der Waals surface area contributed by atoms with Crippen molar-refractivity contribution < 1.29 is 27.4 Å². The zero-order chi connectivity index (χ0) is 27.2. The molecule has 2 nitrogen and oxygen atoms in total. The molecule has 2 aliphatic carbocycles. The lowest BCUT2D eigenvalue weighted by molar-refractivity contribution is 0.0727. The highest BCUT2D eigenvalue weighted by atomic mass is 19.2. The van der Waals surface area contributed by atoms with Gasteiger partial charge in [-0.2, -0.15) is 4.39 Å². The van der Waals surface area contributed by atoms with Crippen LogP contribution in [-0.4, -0.2) is 17.8 Å². The van der Waals surface area contributed by atoms with E-state index in [1.165, 1.54) is 12.1 Å². The molecule has 208 valence electrons. The van der Waals surface area contributed by atoms with Gasteiger partial charge < -0.3 is 9.84 Å². The van der Waals surface area contributed by atoms with Crippen molar-refractivity contribution in [1.29, 1.82) is 0 Å². The summed E-state index contributed by atoms with van der Waals surface area (Å²) in [6.45, 7) is 4.03. The summed E-state index contributed by atoms with van der Waals surface area (Å²) < 4.78 is 64.0. The first-order valence-electron chi connectivity index (χ1n) is 14.3. The minimum Gasteiger partial charge on any atom is -0.491 e. The molecule has 2 aromatic carbocycles. The van der Waals surface area contributed by atoms with Crippen molar-refractivity contribution in [2.24, 2.45) is 11.8 Å². The monoisotopic (exact) mass is 532 g/mol. The van der Waals surface area contributed by atoms with Gasteiger partial charge in [-0.15, -0.1) is 0 Å². The minimum atomic E-state index is -0.985. The maximum Gasteiger partial charge on any atom is 0.201 e. The fraction of sp³-hybridized carbons (Fsp3) is 0.562. The summed E-state index contributed by atoms with van der Waals surface area (Å²) in [4.78, 5) is 0. The van der Waals surface area contributed by atoms with Crippen LogP contribution in [0, 0.1) is 35.1 Å². The second-order valence-electron chi connectivity index (χ2n) is 11.0. The van der Waals surface area contributed by atoms with E-state index in [1.807, 2.05) is 6.08 Å². The van der Waals surface area contributed by atoms with Crippen molar-refractivity contribution in [1.82, 2.24) is 0 Å². The predicted octanol–water partition coefficient (Wildman–Crippen LogP) is 9.06. The van der Waals surface area contributed by atoms with Crippen LogP contribution in [0.15, 0.2) is 30.3 Å². The first-order chi connectivity index (χ1) is 18.3. The lowest BCUT2D eigenvalue weighted by Crippen LogP contribution is -2.25. The van der Waals surface area contributed by atoms with E-state index in [4.69, 9.17) is 4.74 Å². The van der Waals surface area contributed by atoms with Gasteiger partial charge in [-0.3, -0.25) is 0 Å². The van der Waals surface area contributed by atoms with Gasteiger partial charge in [0.1, 0.15) is 0 Å². The number of allylic oxidation sites excluding steroid dienone is 1. The molecule has 2 saturated carbocycles. The molecule has 1 atom stereocenters. The summed E-state index contributed by atoms with van der Waals surface area (Å²) in [7, 11) is 0. The average Bonchev–Trinajstić information content (AvgIpc) is 2.93. The zero-order valence-electron chi connectivity index (χ0n) is 22.5. The molecule has 0 aliphatic heterocycles. The second-order valence-corrected chi connectivity index (χ2v) is 11.0. The molecule has 0 spiro atoms. The first kappa shape index (κ1) is 28.7. The fourth-order valence-electron chi connectivity index (χ4n) is 6.36. The summed E-state index contributed by atoms with van der Waals surface area (Å²) in [5.41, 5.74) is 1.09. The second kappa shape index (κ2) is 13.1. The quantitative estimate of drug-likeness (QED) is 0.327. The summed E-state index contributed by atoms with van der Waals surface area (Å²) in [5.74, 6) is -3.07. The number of ether oxygens (including phenoxy) is 1. The molecule has 2 fully saturated rings. The summed E-state index contributed by atoms with van der Waals surface area (Å²) in [6.07, 6.45) is 11.2. The van der Waals surface area contributed by atoms with Crippen LogP contribution in [0.5, 0.6) is 5.75 Å². The molecule has 2 aromatic rings. The van der Waals surface area contributed by atoms with Crippen LogP contribution < -0.4 is 4.74 Å². The molecule has 1 N–H and O–H groups in total. The van der Waals surface area contributed by atoms with E-state index in [0.717, 1.165) is 51.4 Å². The third-order valence-electron chi connectivity index (χ3n) is 8.62. The van der Waals surface area contributed by atoms with Crippen LogP contribution in [0.25, 0.3) is 6.08 Å². The fourth-order valence-corrected chi connectivity index (χ4v) is 6.36. The maximum atomic E-state index is 15.2. The molecule has 38 heavy (non-hydrogen) atoms. The summed E-state index contributed by atoms with van der Waals surface area (Å²) in [5, 5.41) is 10.3. The van der Waals surface area contributed by atoms with Gasteiger partial charge in [0.2, 0.25) is 5.82 Å². The largest absolute Gasteiger partial charge is 0.491 e. The Bertz CT molecular complexity index is 1100. The Morgan fingerprint density at radius 3 is 1.92 bits per heavy atom. The van der Waals surface area contributed by atoms with Gasteiger partial charge in [-0.25, -0.2) is 13.2 Å². The van der Waals surface area contributed by atoms with Crippen LogP contribution in [-0.2, 0) is 0 Å². The third kappa shape index (κ3) is 6.44. The smallest absolute Gasteiger partial charge is 0.201 e. The molecule has 4 rings (SSSR count).